The number of hydrogen-bond acceptors (Lipinski definition) is 4. The maximum Gasteiger partial charge on any atom is 0.239 e. The first-order valence-electron chi connectivity index (χ1n) is 5.40. The van der Waals surface area contributed by atoms with E-state index in [1.807, 2.05) is 13.8 Å². The summed E-state index contributed by atoms with van der Waals surface area (Å²) in [5.74, 6) is 0.0902. The van der Waals surface area contributed by atoms with Gasteiger partial charge in [-0.25, -0.2) is 13.6 Å². The van der Waals surface area contributed by atoms with E-state index in [4.69, 9.17) is 5.14 Å². The standard InChI is InChI=1S/C11H18N2O3S/c1-7(2)11(8(3)14)10-5-4-9(6-13-10)17(12,15)16/h4-8,11,14H,1-3H3,(H2,12,15,16). The van der Waals surface area contributed by atoms with E-state index >= 15 is 0 Å². The number of aliphatic hydroxyl groups excluding tert-OH is 1. The third-order valence-corrected chi connectivity index (χ3v) is 3.57. The lowest BCUT2D eigenvalue weighted by Crippen LogP contribution is -2.21. The summed E-state index contributed by atoms with van der Waals surface area (Å²) < 4.78 is 22.1. The smallest absolute Gasteiger partial charge is 0.239 e. The summed E-state index contributed by atoms with van der Waals surface area (Å²) >= 11 is 0. The Morgan fingerprint density at radius 1 is 1.29 bits per heavy atom. The lowest BCUT2D eigenvalue weighted by molar-refractivity contribution is 0.138. The molecular formula is C11H18N2O3S. The van der Waals surface area contributed by atoms with Crippen molar-refractivity contribution in [3.8, 4) is 0 Å². The van der Waals surface area contributed by atoms with Crippen LogP contribution in [0.3, 0.4) is 0 Å². The van der Waals surface area contributed by atoms with Gasteiger partial charge in [-0.05, 0) is 25.0 Å². The van der Waals surface area contributed by atoms with Crippen LogP contribution in [0.4, 0.5) is 0 Å². The molecule has 96 valence electrons. The van der Waals surface area contributed by atoms with Crippen LogP contribution < -0.4 is 5.14 Å². The third-order valence-electron chi connectivity index (χ3n) is 2.67. The second-order valence-electron chi connectivity index (χ2n) is 4.47. The van der Waals surface area contributed by atoms with Crippen LogP contribution in [0.15, 0.2) is 23.2 Å². The molecule has 1 heterocycles. The quantitative estimate of drug-likeness (QED) is 0.837. The van der Waals surface area contributed by atoms with Crippen molar-refractivity contribution in [3.05, 3.63) is 24.0 Å². The van der Waals surface area contributed by atoms with Crippen LogP contribution in [0.25, 0.3) is 0 Å². The number of sulfonamides is 1. The Labute approximate surface area is 102 Å². The Hall–Kier alpha value is -0.980. The molecule has 5 nitrogen and oxygen atoms in total. The van der Waals surface area contributed by atoms with Crippen LogP contribution >= 0.6 is 0 Å². The predicted octanol–water partition coefficient (Wildman–Crippen LogP) is 0.849. The number of hydrogen-bond donors (Lipinski definition) is 2. The van der Waals surface area contributed by atoms with Gasteiger partial charge in [-0.15, -0.1) is 0 Å². The first-order chi connectivity index (χ1) is 7.73. The van der Waals surface area contributed by atoms with Crippen LogP contribution in [0.1, 0.15) is 32.4 Å². The molecule has 17 heavy (non-hydrogen) atoms. The Bertz CT molecular complexity index is 458. The second kappa shape index (κ2) is 5.12. The van der Waals surface area contributed by atoms with E-state index in [9.17, 15) is 13.5 Å². The SMILES string of the molecule is CC(C)C(c1ccc(S(N)(=O)=O)cn1)C(C)O. The highest BCUT2D eigenvalue weighted by Crippen LogP contribution is 2.26. The number of primary sulfonamides is 1. The van der Waals surface area contributed by atoms with E-state index in [-0.39, 0.29) is 16.7 Å². The fourth-order valence-corrected chi connectivity index (χ4v) is 2.36. The van der Waals surface area contributed by atoms with Crippen LogP contribution in [0, 0.1) is 5.92 Å². The fourth-order valence-electron chi connectivity index (χ4n) is 1.90. The van der Waals surface area contributed by atoms with Gasteiger partial charge in [0.2, 0.25) is 10.0 Å². The molecular weight excluding hydrogens is 240 g/mol. The molecule has 0 aliphatic rings. The molecule has 0 aromatic carbocycles. The zero-order valence-electron chi connectivity index (χ0n) is 10.2. The van der Waals surface area contributed by atoms with Gasteiger partial charge in [-0.2, -0.15) is 0 Å². The van der Waals surface area contributed by atoms with E-state index in [1.165, 1.54) is 12.3 Å². The summed E-state index contributed by atoms with van der Waals surface area (Å²) in [6, 6.07) is 3.01. The first kappa shape index (κ1) is 14.1. The minimum atomic E-state index is -3.71. The summed E-state index contributed by atoms with van der Waals surface area (Å²) in [7, 11) is -3.71. The molecule has 1 aromatic rings. The first-order valence-corrected chi connectivity index (χ1v) is 6.95. The molecule has 0 spiro atoms. The molecule has 0 radical (unpaired) electrons. The van der Waals surface area contributed by atoms with Crippen molar-refractivity contribution < 1.29 is 13.5 Å². The van der Waals surface area contributed by atoms with Gasteiger partial charge < -0.3 is 5.11 Å². The number of aliphatic hydroxyl groups is 1. The molecule has 0 aliphatic heterocycles. The lowest BCUT2D eigenvalue weighted by atomic mass is 9.88. The lowest BCUT2D eigenvalue weighted by Gasteiger charge is -2.23. The third kappa shape index (κ3) is 3.49. The van der Waals surface area contributed by atoms with Gasteiger partial charge >= 0.3 is 0 Å². The second-order valence-corrected chi connectivity index (χ2v) is 6.04. The molecule has 0 fully saturated rings. The number of rotatable bonds is 4. The number of nitrogens with zero attached hydrogens (tertiary/aromatic N) is 1. The Morgan fingerprint density at radius 2 is 1.88 bits per heavy atom. The largest absolute Gasteiger partial charge is 0.393 e. The molecule has 2 atom stereocenters. The van der Waals surface area contributed by atoms with Crippen molar-refractivity contribution in [1.29, 1.82) is 0 Å². The normalized spacial score (nSPS) is 15.9. The van der Waals surface area contributed by atoms with Gasteiger partial charge in [0.15, 0.2) is 0 Å². The Kier molecular flexibility index (Phi) is 4.24. The van der Waals surface area contributed by atoms with Gasteiger partial charge in [0.1, 0.15) is 4.90 Å². The molecule has 0 bridgehead atoms. The zero-order chi connectivity index (χ0) is 13.2. The molecule has 0 saturated carbocycles. The molecule has 1 aromatic heterocycles. The highest BCUT2D eigenvalue weighted by molar-refractivity contribution is 7.89. The van der Waals surface area contributed by atoms with Gasteiger partial charge in [0.25, 0.3) is 0 Å². The predicted molar refractivity (Wildman–Crippen MR) is 64.9 cm³/mol. The van der Waals surface area contributed by atoms with Crippen molar-refractivity contribution in [2.24, 2.45) is 11.1 Å². The van der Waals surface area contributed by atoms with Crippen LogP contribution in [-0.2, 0) is 10.0 Å². The number of aromatic nitrogens is 1. The van der Waals surface area contributed by atoms with E-state index in [0.717, 1.165) is 0 Å². The van der Waals surface area contributed by atoms with Crippen LogP contribution in [-0.4, -0.2) is 24.6 Å². The van der Waals surface area contributed by atoms with Crippen LogP contribution in [0.5, 0.6) is 0 Å². The molecule has 1 rings (SSSR count). The van der Waals surface area contributed by atoms with Gasteiger partial charge in [0, 0.05) is 17.8 Å². The fraction of sp³-hybridized carbons (Fsp3) is 0.545. The van der Waals surface area contributed by atoms with E-state index in [0.29, 0.717) is 5.69 Å². The van der Waals surface area contributed by atoms with E-state index < -0.39 is 16.1 Å². The zero-order valence-corrected chi connectivity index (χ0v) is 11.0. The van der Waals surface area contributed by atoms with Crippen molar-refractivity contribution >= 4 is 10.0 Å². The highest BCUT2D eigenvalue weighted by Gasteiger charge is 2.22. The van der Waals surface area contributed by atoms with Crippen molar-refractivity contribution in [2.75, 3.05) is 0 Å². The van der Waals surface area contributed by atoms with Crippen molar-refractivity contribution in [3.63, 3.8) is 0 Å². The van der Waals surface area contributed by atoms with E-state index in [1.54, 1.807) is 13.0 Å². The molecule has 2 unspecified atom stereocenters. The monoisotopic (exact) mass is 258 g/mol. The van der Waals surface area contributed by atoms with Gasteiger partial charge in [-0.1, -0.05) is 13.8 Å². The summed E-state index contributed by atoms with van der Waals surface area (Å²) in [4.78, 5) is 4.05. The maximum atomic E-state index is 11.1. The van der Waals surface area contributed by atoms with Crippen LogP contribution in [0.2, 0.25) is 0 Å². The molecule has 0 saturated heterocycles. The van der Waals surface area contributed by atoms with E-state index in [2.05, 4.69) is 4.98 Å². The summed E-state index contributed by atoms with van der Waals surface area (Å²) in [6.45, 7) is 5.65. The Morgan fingerprint density at radius 3 is 2.18 bits per heavy atom. The highest BCUT2D eigenvalue weighted by atomic mass is 32.2. The number of pyridine rings is 1. The van der Waals surface area contributed by atoms with Crippen molar-refractivity contribution in [2.45, 2.75) is 37.7 Å². The van der Waals surface area contributed by atoms with Crippen molar-refractivity contribution in [1.82, 2.24) is 4.98 Å². The maximum absolute atomic E-state index is 11.1. The molecule has 6 heteroatoms. The minimum absolute atomic E-state index is 0.0191. The minimum Gasteiger partial charge on any atom is -0.393 e. The average molecular weight is 258 g/mol. The topological polar surface area (TPSA) is 93.3 Å². The molecule has 0 amide bonds. The summed E-state index contributed by atoms with van der Waals surface area (Å²) in [6.07, 6.45) is 0.686. The number of nitrogens with two attached hydrogens (primary N) is 1. The Balaban J connectivity index is 3.09. The van der Waals surface area contributed by atoms with Gasteiger partial charge in [0.05, 0.1) is 6.10 Å². The average Bonchev–Trinajstić information content (AvgIpc) is 2.15. The summed E-state index contributed by atoms with van der Waals surface area (Å²) in [5.41, 5.74) is 0.669. The molecule has 0 aliphatic carbocycles. The molecule has 3 N–H and O–H groups in total. The summed E-state index contributed by atoms with van der Waals surface area (Å²) in [5, 5.41) is 14.7. The van der Waals surface area contributed by atoms with Gasteiger partial charge in [-0.3, -0.25) is 4.98 Å².